The second-order valence-corrected chi connectivity index (χ2v) is 7.27. The number of nitrogens with one attached hydrogen (secondary N) is 1. The maximum atomic E-state index is 11.1. The molecule has 0 amide bonds. The van der Waals surface area contributed by atoms with E-state index in [9.17, 15) is 5.11 Å². The van der Waals surface area contributed by atoms with E-state index in [0.717, 1.165) is 24.8 Å². The molecule has 1 aromatic carbocycles. The van der Waals surface area contributed by atoms with Crippen molar-refractivity contribution in [1.82, 2.24) is 5.32 Å². The van der Waals surface area contributed by atoms with Crippen molar-refractivity contribution in [3.63, 3.8) is 0 Å². The predicted molar refractivity (Wildman–Crippen MR) is 91.1 cm³/mol. The fourth-order valence-corrected chi connectivity index (χ4v) is 3.49. The molecule has 1 fully saturated rings. The van der Waals surface area contributed by atoms with Crippen molar-refractivity contribution in [2.75, 3.05) is 6.61 Å². The summed E-state index contributed by atoms with van der Waals surface area (Å²) in [4.78, 5) is 0. The van der Waals surface area contributed by atoms with Crippen LogP contribution in [0.15, 0.2) is 12.1 Å². The quantitative estimate of drug-likeness (QED) is 0.895. The minimum atomic E-state index is -1.26. The molecule has 1 heterocycles. The molecule has 0 aromatic heterocycles. The summed E-state index contributed by atoms with van der Waals surface area (Å²) in [5.74, 6) is -1.26. The zero-order valence-corrected chi connectivity index (χ0v) is 14.9. The molecule has 0 aliphatic carbocycles. The molecule has 1 aliphatic heterocycles. The number of rotatable bonds is 4. The van der Waals surface area contributed by atoms with Gasteiger partial charge in [0.05, 0.1) is 12.6 Å². The Morgan fingerprint density at radius 3 is 2.55 bits per heavy atom. The predicted octanol–water partition coefficient (Wildman–Crippen LogP) is 3.44. The molecule has 2 rings (SSSR count). The normalized spacial score (nSPS) is 27.9. The summed E-state index contributed by atoms with van der Waals surface area (Å²) >= 11 is 0. The van der Waals surface area contributed by atoms with E-state index < -0.39 is 5.79 Å². The number of hydrogen-bond donors (Lipinski definition) is 2. The molecule has 124 valence electrons. The smallest absolute Gasteiger partial charge is 0.208 e. The van der Waals surface area contributed by atoms with Gasteiger partial charge in [-0.15, -0.1) is 0 Å². The van der Waals surface area contributed by atoms with Gasteiger partial charge in [-0.05, 0) is 57.2 Å². The number of aryl methyl sites for hydroxylation is 2. The molecule has 1 aromatic rings. The van der Waals surface area contributed by atoms with Gasteiger partial charge in [0.1, 0.15) is 0 Å². The number of ether oxygens (including phenoxy) is 1. The van der Waals surface area contributed by atoms with E-state index in [2.05, 4.69) is 52.1 Å². The zero-order valence-electron chi connectivity index (χ0n) is 14.9. The van der Waals surface area contributed by atoms with Gasteiger partial charge in [-0.1, -0.05) is 32.4 Å². The van der Waals surface area contributed by atoms with Gasteiger partial charge in [0.25, 0.3) is 0 Å². The Bertz CT molecular complexity index is 538. The van der Waals surface area contributed by atoms with Gasteiger partial charge < -0.3 is 15.2 Å². The highest BCUT2D eigenvalue weighted by Crippen LogP contribution is 2.35. The fourth-order valence-electron chi connectivity index (χ4n) is 3.49. The highest BCUT2D eigenvalue weighted by atomic mass is 16.6. The summed E-state index contributed by atoms with van der Waals surface area (Å²) in [7, 11) is 0. The summed E-state index contributed by atoms with van der Waals surface area (Å²) in [6, 6.07) is 4.08. The fraction of sp³-hybridized carbons (Fsp3) is 0.684. The Kier molecular flexibility index (Phi) is 5.00. The lowest BCUT2D eigenvalue weighted by atomic mass is 9.87. The van der Waals surface area contributed by atoms with Crippen LogP contribution in [-0.2, 0) is 23.4 Å². The second-order valence-electron chi connectivity index (χ2n) is 7.27. The van der Waals surface area contributed by atoms with Crippen LogP contribution in [0.3, 0.4) is 0 Å². The molecule has 22 heavy (non-hydrogen) atoms. The first-order valence-corrected chi connectivity index (χ1v) is 8.50. The molecule has 0 bridgehead atoms. The van der Waals surface area contributed by atoms with E-state index in [1.165, 1.54) is 16.7 Å². The van der Waals surface area contributed by atoms with Gasteiger partial charge in [0.15, 0.2) is 0 Å². The molecule has 1 saturated heterocycles. The largest absolute Gasteiger partial charge is 0.361 e. The molecule has 0 saturated carbocycles. The third-order valence-electron chi connectivity index (χ3n) is 4.71. The third kappa shape index (κ3) is 3.22. The van der Waals surface area contributed by atoms with E-state index in [4.69, 9.17) is 4.74 Å². The SMILES string of the molecule is CCCc1c(C)cc(C2(O)OCC(C)(C)NC2C)cc1CC. The lowest BCUT2D eigenvalue weighted by Gasteiger charge is -2.46. The Morgan fingerprint density at radius 2 is 2.00 bits per heavy atom. The number of aliphatic hydroxyl groups is 1. The van der Waals surface area contributed by atoms with E-state index in [1.54, 1.807) is 0 Å². The maximum Gasteiger partial charge on any atom is 0.208 e. The number of benzene rings is 1. The van der Waals surface area contributed by atoms with Crippen LogP contribution in [0.5, 0.6) is 0 Å². The Balaban J connectivity index is 2.42. The first kappa shape index (κ1) is 17.5. The molecule has 1 aliphatic rings. The standard InChI is InChI=1S/C19H31NO2/c1-7-9-17-13(3)10-16(11-15(17)8-2)19(21)14(4)20-18(5,6)12-22-19/h10-11,14,20-21H,7-9,12H2,1-6H3. The summed E-state index contributed by atoms with van der Waals surface area (Å²) < 4.78 is 5.93. The van der Waals surface area contributed by atoms with Crippen molar-refractivity contribution in [3.8, 4) is 0 Å². The molecule has 3 nitrogen and oxygen atoms in total. The zero-order chi connectivity index (χ0) is 16.5. The topological polar surface area (TPSA) is 41.5 Å². The Morgan fingerprint density at radius 1 is 1.32 bits per heavy atom. The van der Waals surface area contributed by atoms with Gasteiger partial charge in [-0.2, -0.15) is 0 Å². The maximum absolute atomic E-state index is 11.1. The van der Waals surface area contributed by atoms with Crippen LogP contribution in [0.25, 0.3) is 0 Å². The van der Waals surface area contributed by atoms with Crippen molar-refractivity contribution in [2.45, 2.75) is 78.2 Å². The van der Waals surface area contributed by atoms with Crippen LogP contribution in [0.1, 0.15) is 63.3 Å². The molecule has 3 heteroatoms. The van der Waals surface area contributed by atoms with Gasteiger partial charge in [0, 0.05) is 11.1 Å². The molecular formula is C19H31NO2. The van der Waals surface area contributed by atoms with Crippen LogP contribution in [-0.4, -0.2) is 23.3 Å². The summed E-state index contributed by atoms with van der Waals surface area (Å²) in [6.45, 7) is 13.2. The van der Waals surface area contributed by atoms with Crippen LogP contribution in [0.4, 0.5) is 0 Å². The van der Waals surface area contributed by atoms with Crippen LogP contribution < -0.4 is 5.32 Å². The van der Waals surface area contributed by atoms with Gasteiger partial charge >= 0.3 is 0 Å². The van der Waals surface area contributed by atoms with Crippen molar-refractivity contribution >= 4 is 0 Å². The third-order valence-corrected chi connectivity index (χ3v) is 4.71. The van der Waals surface area contributed by atoms with E-state index in [1.807, 2.05) is 6.92 Å². The summed E-state index contributed by atoms with van der Waals surface area (Å²) in [5, 5.41) is 14.6. The van der Waals surface area contributed by atoms with E-state index >= 15 is 0 Å². The summed E-state index contributed by atoms with van der Waals surface area (Å²) in [6.07, 6.45) is 3.21. The average Bonchev–Trinajstić information content (AvgIpc) is 2.45. The van der Waals surface area contributed by atoms with Crippen LogP contribution >= 0.6 is 0 Å². The lowest BCUT2D eigenvalue weighted by Crippen LogP contribution is -2.63. The van der Waals surface area contributed by atoms with Gasteiger partial charge in [-0.25, -0.2) is 0 Å². The van der Waals surface area contributed by atoms with Crippen LogP contribution in [0.2, 0.25) is 0 Å². The molecule has 0 radical (unpaired) electrons. The van der Waals surface area contributed by atoms with Gasteiger partial charge in [0.2, 0.25) is 5.79 Å². The monoisotopic (exact) mass is 305 g/mol. The summed E-state index contributed by atoms with van der Waals surface area (Å²) in [5.41, 5.74) is 4.76. The molecule has 2 atom stereocenters. The lowest BCUT2D eigenvalue weighted by molar-refractivity contribution is -0.263. The Hall–Kier alpha value is -0.900. The number of morpholine rings is 1. The second kappa shape index (κ2) is 6.31. The van der Waals surface area contributed by atoms with Crippen LogP contribution in [0, 0.1) is 6.92 Å². The van der Waals surface area contributed by atoms with E-state index in [-0.39, 0.29) is 11.6 Å². The first-order chi connectivity index (χ1) is 10.2. The molecule has 0 spiro atoms. The van der Waals surface area contributed by atoms with Crippen molar-refractivity contribution in [1.29, 1.82) is 0 Å². The minimum Gasteiger partial charge on any atom is -0.361 e. The van der Waals surface area contributed by atoms with Gasteiger partial charge in [-0.3, -0.25) is 0 Å². The minimum absolute atomic E-state index is 0.115. The average molecular weight is 305 g/mol. The Labute approximate surface area is 135 Å². The highest BCUT2D eigenvalue weighted by Gasteiger charge is 2.45. The molecule has 2 unspecified atom stereocenters. The first-order valence-electron chi connectivity index (χ1n) is 8.50. The number of hydrogen-bond acceptors (Lipinski definition) is 3. The van der Waals surface area contributed by atoms with Crippen molar-refractivity contribution in [2.24, 2.45) is 0 Å². The molecular weight excluding hydrogens is 274 g/mol. The highest BCUT2D eigenvalue weighted by molar-refractivity contribution is 5.41. The van der Waals surface area contributed by atoms with Crippen molar-refractivity contribution < 1.29 is 9.84 Å². The van der Waals surface area contributed by atoms with Crippen molar-refractivity contribution in [3.05, 3.63) is 34.4 Å². The molecule has 2 N–H and O–H groups in total. The van der Waals surface area contributed by atoms with E-state index in [0.29, 0.717) is 6.61 Å².